The normalized spacial score (nSPS) is 15.5. The molecule has 0 atom stereocenters. The first-order valence-corrected chi connectivity index (χ1v) is 5.92. The molecule has 6 heteroatoms. The summed E-state index contributed by atoms with van der Waals surface area (Å²) in [5.74, 6) is 0.828. The van der Waals surface area contributed by atoms with Gasteiger partial charge in [0, 0.05) is 0 Å². The number of alkyl halides is 3. The predicted octanol–water partition coefficient (Wildman–Crippen LogP) is 3.13. The molecule has 1 aliphatic carbocycles. The molecule has 0 aromatic heterocycles. The van der Waals surface area contributed by atoms with Crippen LogP contribution in [-0.2, 0) is 6.18 Å². The van der Waals surface area contributed by atoms with Crippen LogP contribution in [0.4, 0.5) is 13.2 Å². The lowest BCUT2D eigenvalue weighted by molar-refractivity contribution is -0.137. The van der Waals surface area contributed by atoms with Gasteiger partial charge < -0.3 is 10.5 Å². The molecule has 1 saturated carbocycles. The Kier molecular flexibility index (Phi) is 3.47. The van der Waals surface area contributed by atoms with Crippen LogP contribution in [0.15, 0.2) is 18.2 Å². The summed E-state index contributed by atoms with van der Waals surface area (Å²) < 4.78 is 43.1. The second-order valence-corrected chi connectivity index (χ2v) is 4.77. The summed E-state index contributed by atoms with van der Waals surface area (Å²) in [6.07, 6.45) is -2.21. The fraction of sp³-hybridized carbons (Fsp3) is 0.417. The van der Waals surface area contributed by atoms with Crippen molar-refractivity contribution in [1.29, 1.82) is 0 Å². The highest BCUT2D eigenvalue weighted by molar-refractivity contribution is 7.80. The molecule has 0 radical (unpaired) electrons. The Morgan fingerprint density at radius 3 is 2.56 bits per heavy atom. The van der Waals surface area contributed by atoms with Crippen LogP contribution >= 0.6 is 12.2 Å². The number of hydrogen-bond donors (Lipinski definition) is 1. The molecular formula is C12H12F3NOS. The topological polar surface area (TPSA) is 35.2 Å². The van der Waals surface area contributed by atoms with E-state index in [1.54, 1.807) is 0 Å². The van der Waals surface area contributed by atoms with Gasteiger partial charge in [-0.3, -0.25) is 0 Å². The zero-order chi connectivity index (χ0) is 13.3. The van der Waals surface area contributed by atoms with E-state index >= 15 is 0 Å². The predicted molar refractivity (Wildman–Crippen MR) is 65.6 cm³/mol. The number of thiocarbonyl (C=S) groups is 1. The summed E-state index contributed by atoms with van der Waals surface area (Å²) in [7, 11) is 0. The van der Waals surface area contributed by atoms with Gasteiger partial charge in [0.25, 0.3) is 0 Å². The number of hydrogen-bond acceptors (Lipinski definition) is 2. The van der Waals surface area contributed by atoms with Crippen molar-refractivity contribution in [2.24, 2.45) is 11.7 Å². The zero-order valence-electron chi connectivity index (χ0n) is 9.46. The number of rotatable bonds is 4. The zero-order valence-corrected chi connectivity index (χ0v) is 10.3. The molecule has 0 amide bonds. The minimum Gasteiger partial charge on any atom is -0.493 e. The van der Waals surface area contributed by atoms with Crippen molar-refractivity contribution in [1.82, 2.24) is 0 Å². The van der Waals surface area contributed by atoms with Gasteiger partial charge in [0.15, 0.2) is 0 Å². The van der Waals surface area contributed by atoms with Crippen LogP contribution in [-0.4, -0.2) is 11.6 Å². The molecule has 1 aromatic carbocycles. The molecule has 2 rings (SSSR count). The Balaban J connectivity index is 2.25. The number of ether oxygens (including phenoxy) is 1. The van der Waals surface area contributed by atoms with Crippen molar-refractivity contribution in [3.63, 3.8) is 0 Å². The van der Waals surface area contributed by atoms with Crippen molar-refractivity contribution in [3.05, 3.63) is 29.3 Å². The standard InChI is InChI=1S/C12H12F3NOS/c13-12(14,15)8-3-4-10(9(5-8)11(16)18)17-6-7-1-2-7/h3-5,7H,1-2,6H2,(H2,16,18). The third-order valence-corrected chi connectivity index (χ3v) is 2.96. The van der Waals surface area contributed by atoms with E-state index in [-0.39, 0.29) is 10.6 Å². The highest BCUT2D eigenvalue weighted by atomic mass is 32.1. The van der Waals surface area contributed by atoms with Crippen molar-refractivity contribution >= 4 is 17.2 Å². The van der Waals surface area contributed by atoms with E-state index in [2.05, 4.69) is 0 Å². The van der Waals surface area contributed by atoms with Crippen molar-refractivity contribution in [2.75, 3.05) is 6.61 Å². The Morgan fingerprint density at radius 2 is 2.06 bits per heavy atom. The molecule has 98 valence electrons. The lowest BCUT2D eigenvalue weighted by Gasteiger charge is -2.13. The maximum Gasteiger partial charge on any atom is 0.416 e. The van der Waals surface area contributed by atoms with Gasteiger partial charge in [-0.15, -0.1) is 0 Å². The third kappa shape index (κ3) is 3.13. The first kappa shape index (κ1) is 13.1. The second-order valence-electron chi connectivity index (χ2n) is 4.33. The van der Waals surface area contributed by atoms with Crippen LogP contribution in [0.1, 0.15) is 24.0 Å². The van der Waals surface area contributed by atoms with Crippen molar-refractivity contribution in [2.45, 2.75) is 19.0 Å². The fourth-order valence-electron chi connectivity index (χ4n) is 1.52. The first-order valence-electron chi connectivity index (χ1n) is 5.52. The maximum absolute atomic E-state index is 12.6. The molecule has 0 bridgehead atoms. The van der Waals surface area contributed by atoms with Crippen LogP contribution < -0.4 is 10.5 Å². The minimum absolute atomic E-state index is 0.0908. The van der Waals surface area contributed by atoms with Gasteiger partial charge in [0.2, 0.25) is 0 Å². The Morgan fingerprint density at radius 1 is 1.39 bits per heavy atom. The summed E-state index contributed by atoms with van der Waals surface area (Å²) in [6.45, 7) is 0.501. The average molecular weight is 275 g/mol. The SMILES string of the molecule is NC(=S)c1cc(C(F)(F)F)ccc1OCC1CC1. The van der Waals surface area contributed by atoms with Crippen molar-refractivity contribution < 1.29 is 17.9 Å². The largest absolute Gasteiger partial charge is 0.493 e. The van der Waals surface area contributed by atoms with Gasteiger partial charge in [-0.05, 0) is 37.0 Å². The van der Waals surface area contributed by atoms with Crippen LogP contribution in [0, 0.1) is 5.92 Å². The van der Waals surface area contributed by atoms with Gasteiger partial charge in [-0.25, -0.2) is 0 Å². The van der Waals surface area contributed by atoms with Gasteiger partial charge in [0.1, 0.15) is 10.7 Å². The molecule has 1 aromatic rings. The van der Waals surface area contributed by atoms with Crippen LogP contribution in [0.5, 0.6) is 5.75 Å². The van der Waals surface area contributed by atoms with Crippen LogP contribution in [0.3, 0.4) is 0 Å². The van der Waals surface area contributed by atoms with Crippen LogP contribution in [0.2, 0.25) is 0 Å². The Hall–Kier alpha value is -1.30. The maximum atomic E-state index is 12.6. The average Bonchev–Trinajstić information content (AvgIpc) is 3.08. The lowest BCUT2D eigenvalue weighted by atomic mass is 10.1. The molecule has 0 spiro atoms. The molecule has 0 heterocycles. The van der Waals surface area contributed by atoms with E-state index in [1.165, 1.54) is 6.07 Å². The van der Waals surface area contributed by atoms with Crippen LogP contribution in [0.25, 0.3) is 0 Å². The van der Waals surface area contributed by atoms with Gasteiger partial charge in [0.05, 0.1) is 17.7 Å². The molecule has 0 saturated heterocycles. The number of nitrogens with two attached hydrogens (primary N) is 1. The van der Waals surface area contributed by atoms with Gasteiger partial charge in [-0.2, -0.15) is 13.2 Å². The summed E-state index contributed by atoms with van der Waals surface area (Å²) in [6, 6.07) is 3.19. The monoisotopic (exact) mass is 275 g/mol. The van der Waals surface area contributed by atoms with Gasteiger partial charge in [-0.1, -0.05) is 12.2 Å². The highest BCUT2D eigenvalue weighted by Crippen LogP contribution is 2.34. The van der Waals surface area contributed by atoms with Crippen molar-refractivity contribution in [3.8, 4) is 5.75 Å². The lowest BCUT2D eigenvalue weighted by Crippen LogP contribution is -2.15. The smallest absolute Gasteiger partial charge is 0.416 e. The molecule has 2 N–H and O–H groups in total. The van der Waals surface area contributed by atoms with E-state index in [0.29, 0.717) is 18.3 Å². The van der Waals surface area contributed by atoms with E-state index in [9.17, 15) is 13.2 Å². The Bertz CT molecular complexity index is 469. The molecule has 0 aliphatic heterocycles. The second kappa shape index (κ2) is 4.76. The molecule has 0 unspecified atom stereocenters. The quantitative estimate of drug-likeness (QED) is 0.857. The fourth-order valence-corrected chi connectivity index (χ4v) is 1.68. The molecule has 18 heavy (non-hydrogen) atoms. The first-order chi connectivity index (χ1) is 8.38. The van der Waals surface area contributed by atoms with E-state index < -0.39 is 11.7 Å². The van der Waals surface area contributed by atoms with E-state index in [4.69, 9.17) is 22.7 Å². The molecule has 2 nitrogen and oxygen atoms in total. The van der Waals surface area contributed by atoms with Gasteiger partial charge >= 0.3 is 6.18 Å². The number of benzene rings is 1. The molecule has 1 aliphatic rings. The summed E-state index contributed by atoms with van der Waals surface area (Å²) in [5.41, 5.74) is 4.80. The third-order valence-electron chi connectivity index (χ3n) is 2.74. The Labute approximate surface area is 108 Å². The highest BCUT2D eigenvalue weighted by Gasteiger charge is 2.31. The summed E-state index contributed by atoms with van der Waals surface area (Å²) >= 11 is 4.76. The van der Waals surface area contributed by atoms with E-state index in [0.717, 1.165) is 25.0 Å². The summed E-state index contributed by atoms with van der Waals surface area (Å²) in [5, 5.41) is 0. The molecular weight excluding hydrogens is 263 g/mol. The van der Waals surface area contributed by atoms with E-state index in [1.807, 2.05) is 0 Å². The number of halogens is 3. The minimum atomic E-state index is -4.41. The molecule has 1 fully saturated rings. The summed E-state index contributed by atoms with van der Waals surface area (Å²) in [4.78, 5) is -0.0908.